The first-order valence-electron chi connectivity index (χ1n) is 9.78. The van der Waals surface area contributed by atoms with E-state index < -0.39 is 5.97 Å². The SMILES string of the molecule is O=C(COc1ccc(Nc2ccccc2)cc1)OCC(=O)N1CCc2ccccc21. The van der Waals surface area contributed by atoms with Crippen molar-refractivity contribution in [2.75, 3.05) is 30.0 Å². The molecule has 0 aliphatic carbocycles. The molecule has 1 aliphatic rings. The van der Waals surface area contributed by atoms with Crippen molar-refractivity contribution in [1.29, 1.82) is 0 Å². The molecule has 0 atom stereocenters. The molecule has 3 aromatic carbocycles. The summed E-state index contributed by atoms with van der Waals surface area (Å²) in [5, 5.41) is 3.27. The molecule has 6 heteroatoms. The van der Waals surface area contributed by atoms with Crippen LogP contribution in [-0.4, -0.2) is 31.6 Å². The lowest BCUT2D eigenvalue weighted by Crippen LogP contribution is -2.33. The third-order valence-electron chi connectivity index (χ3n) is 4.82. The molecule has 6 nitrogen and oxygen atoms in total. The topological polar surface area (TPSA) is 67.9 Å². The Hall–Kier alpha value is -3.80. The van der Waals surface area contributed by atoms with Crippen LogP contribution in [0, 0.1) is 0 Å². The van der Waals surface area contributed by atoms with Crippen LogP contribution in [0.4, 0.5) is 17.1 Å². The Labute approximate surface area is 175 Å². The number of carbonyl (C=O) groups is 2. The standard InChI is InChI=1S/C24H22N2O4/c27-23(26-15-14-18-6-4-5-9-22(18)26)16-30-24(28)17-29-21-12-10-20(11-13-21)25-19-7-2-1-3-8-19/h1-13,25H,14-17H2. The number of para-hydroxylation sites is 2. The summed E-state index contributed by atoms with van der Waals surface area (Å²) < 4.78 is 10.5. The van der Waals surface area contributed by atoms with E-state index in [9.17, 15) is 9.59 Å². The van der Waals surface area contributed by atoms with Gasteiger partial charge in [0.1, 0.15) is 5.75 Å². The summed E-state index contributed by atoms with van der Waals surface area (Å²) in [7, 11) is 0. The first-order chi connectivity index (χ1) is 14.7. The molecule has 1 amide bonds. The fourth-order valence-electron chi connectivity index (χ4n) is 3.32. The van der Waals surface area contributed by atoms with E-state index in [1.807, 2.05) is 66.7 Å². The van der Waals surface area contributed by atoms with E-state index in [2.05, 4.69) is 5.32 Å². The highest BCUT2D eigenvalue weighted by molar-refractivity contribution is 5.97. The van der Waals surface area contributed by atoms with Crippen LogP contribution >= 0.6 is 0 Å². The van der Waals surface area contributed by atoms with E-state index in [-0.39, 0.29) is 19.1 Å². The Kier molecular flexibility index (Phi) is 5.94. The van der Waals surface area contributed by atoms with Gasteiger partial charge in [0.25, 0.3) is 5.91 Å². The lowest BCUT2D eigenvalue weighted by Gasteiger charge is -2.17. The Morgan fingerprint density at radius 3 is 2.33 bits per heavy atom. The number of fused-ring (bicyclic) bond motifs is 1. The largest absolute Gasteiger partial charge is 0.482 e. The third-order valence-corrected chi connectivity index (χ3v) is 4.82. The highest BCUT2D eigenvalue weighted by Crippen LogP contribution is 2.27. The van der Waals surface area contributed by atoms with Gasteiger partial charge in [-0.25, -0.2) is 4.79 Å². The van der Waals surface area contributed by atoms with Gasteiger partial charge in [-0.3, -0.25) is 4.79 Å². The van der Waals surface area contributed by atoms with E-state index in [4.69, 9.17) is 9.47 Å². The molecule has 0 aromatic heterocycles. The van der Waals surface area contributed by atoms with Crippen molar-refractivity contribution in [2.24, 2.45) is 0 Å². The van der Waals surface area contributed by atoms with Crippen LogP contribution in [0.2, 0.25) is 0 Å². The molecule has 1 N–H and O–H groups in total. The maximum Gasteiger partial charge on any atom is 0.344 e. The second-order valence-electron chi connectivity index (χ2n) is 6.89. The minimum atomic E-state index is -0.581. The van der Waals surface area contributed by atoms with E-state index >= 15 is 0 Å². The summed E-state index contributed by atoms with van der Waals surface area (Å²) in [5.74, 6) is -0.266. The highest BCUT2D eigenvalue weighted by Gasteiger charge is 2.24. The summed E-state index contributed by atoms with van der Waals surface area (Å²) in [4.78, 5) is 26.0. The molecule has 0 saturated heterocycles. The maximum absolute atomic E-state index is 12.4. The monoisotopic (exact) mass is 402 g/mol. The number of nitrogens with one attached hydrogen (secondary N) is 1. The van der Waals surface area contributed by atoms with Gasteiger partial charge in [0.2, 0.25) is 0 Å². The Morgan fingerprint density at radius 2 is 1.53 bits per heavy atom. The lowest BCUT2D eigenvalue weighted by molar-refractivity contribution is -0.149. The molecule has 0 fully saturated rings. The van der Waals surface area contributed by atoms with Crippen LogP contribution in [0.5, 0.6) is 5.75 Å². The zero-order valence-corrected chi connectivity index (χ0v) is 16.4. The van der Waals surface area contributed by atoms with Crippen molar-refractivity contribution >= 4 is 28.9 Å². The quantitative estimate of drug-likeness (QED) is 0.607. The average Bonchev–Trinajstić information content (AvgIpc) is 3.22. The number of ether oxygens (including phenoxy) is 2. The minimum absolute atomic E-state index is 0.232. The Bertz CT molecular complexity index is 1020. The van der Waals surface area contributed by atoms with Crippen LogP contribution in [0.25, 0.3) is 0 Å². The van der Waals surface area contributed by atoms with E-state index in [1.165, 1.54) is 0 Å². The van der Waals surface area contributed by atoms with Crippen LogP contribution in [-0.2, 0) is 20.7 Å². The predicted octanol–water partition coefficient (Wildman–Crippen LogP) is 3.94. The summed E-state index contributed by atoms with van der Waals surface area (Å²) in [6, 6.07) is 24.8. The molecule has 0 bridgehead atoms. The molecule has 30 heavy (non-hydrogen) atoms. The summed E-state index contributed by atoms with van der Waals surface area (Å²) in [6.07, 6.45) is 0.814. The van der Waals surface area contributed by atoms with Crippen molar-refractivity contribution in [3.8, 4) is 5.75 Å². The minimum Gasteiger partial charge on any atom is -0.482 e. The van der Waals surface area contributed by atoms with Crippen LogP contribution < -0.4 is 15.0 Å². The molecule has 0 spiro atoms. The maximum atomic E-state index is 12.4. The number of carbonyl (C=O) groups excluding carboxylic acids is 2. The van der Waals surface area contributed by atoms with Gasteiger partial charge >= 0.3 is 5.97 Å². The zero-order chi connectivity index (χ0) is 20.8. The van der Waals surface area contributed by atoms with E-state index in [1.54, 1.807) is 17.0 Å². The van der Waals surface area contributed by atoms with E-state index in [0.29, 0.717) is 12.3 Å². The van der Waals surface area contributed by atoms with Crippen LogP contribution in [0.1, 0.15) is 5.56 Å². The molecule has 1 heterocycles. The first kappa shape index (κ1) is 19.5. The first-order valence-corrected chi connectivity index (χ1v) is 9.78. The number of amides is 1. The molecule has 0 saturated carbocycles. The van der Waals surface area contributed by atoms with Gasteiger partial charge < -0.3 is 19.7 Å². The molecule has 1 aliphatic heterocycles. The normalized spacial score (nSPS) is 12.2. The lowest BCUT2D eigenvalue weighted by atomic mass is 10.2. The fraction of sp³-hybridized carbons (Fsp3) is 0.167. The van der Waals surface area contributed by atoms with Crippen molar-refractivity contribution < 1.29 is 19.1 Å². The number of hydrogen-bond donors (Lipinski definition) is 1. The molecule has 152 valence electrons. The number of nitrogens with zero attached hydrogens (tertiary/aromatic N) is 1. The molecule has 4 rings (SSSR count). The highest BCUT2D eigenvalue weighted by atomic mass is 16.6. The van der Waals surface area contributed by atoms with Gasteiger partial charge in [-0.15, -0.1) is 0 Å². The van der Waals surface area contributed by atoms with E-state index in [0.717, 1.165) is 29.0 Å². The fourth-order valence-corrected chi connectivity index (χ4v) is 3.32. The molecular weight excluding hydrogens is 380 g/mol. The summed E-state index contributed by atoms with van der Waals surface area (Å²) >= 11 is 0. The number of benzene rings is 3. The second kappa shape index (κ2) is 9.13. The molecule has 0 radical (unpaired) electrons. The van der Waals surface area contributed by atoms with Crippen LogP contribution in [0.15, 0.2) is 78.9 Å². The molecular formula is C24H22N2O4. The van der Waals surface area contributed by atoms with Crippen molar-refractivity contribution in [3.63, 3.8) is 0 Å². The van der Waals surface area contributed by atoms with Gasteiger partial charge in [-0.1, -0.05) is 36.4 Å². The summed E-state index contributed by atoms with van der Waals surface area (Å²) in [6.45, 7) is 0.0569. The number of anilines is 3. The van der Waals surface area contributed by atoms with Gasteiger partial charge in [0, 0.05) is 23.6 Å². The smallest absolute Gasteiger partial charge is 0.344 e. The Balaban J connectivity index is 1.22. The van der Waals surface area contributed by atoms with Gasteiger partial charge in [-0.05, 0) is 54.4 Å². The zero-order valence-electron chi connectivity index (χ0n) is 16.4. The molecule has 0 unspecified atom stereocenters. The Morgan fingerprint density at radius 1 is 0.833 bits per heavy atom. The number of hydrogen-bond acceptors (Lipinski definition) is 5. The van der Waals surface area contributed by atoms with Crippen molar-refractivity contribution in [1.82, 2.24) is 0 Å². The number of rotatable bonds is 7. The van der Waals surface area contributed by atoms with Gasteiger partial charge in [0.05, 0.1) is 0 Å². The summed E-state index contributed by atoms with van der Waals surface area (Å²) in [5.41, 5.74) is 3.91. The van der Waals surface area contributed by atoms with Crippen LogP contribution in [0.3, 0.4) is 0 Å². The average molecular weight is 402 g/mol. The van der Waals surface area contributed by atoms with Gasteiger partial charge in [0.15, 0.2) is 13.2 Å². The second-order valence-corrected chi connectivity index (χ2v) is 6.89. The van der Waals surface area contributed by atoms with Crippen molar-refractivity contribution in [3.05, 3.63) is 84.4 Å². The van der Waals surface area contributed by atoms with Gasteiger partial charge in [-0.2, -0.15) is 0 Å². The molecule has 3 aromatic rings. The number of esters is 1. The third kappa shape index (κ3) is 4.78. The predicted molar refractivity (Wildman–Crippen MR) is 115 cm³/mol. The van der Waals surface area contributed by atoms with Crippen molar-refractivity contribution in [2.45, 2.75) is 6.42 Å².